The first kappa shape index (κ1) is 14.9. The molecule has 0 atom stereocenters. The van der Waals surface area contributed by atoms with Crippen molar-refractivity contribution in [1.82, 2.24) is 10.2 Å². The molecule has 1 saturated carbocycles. The molecule has 3 nitrogen and oxygen atoms in total. The fourth-order valence-corrected chi connectivity index (χ4v) is 4.43. The zero-order valence-electron chi connectivity index (χ0n) is 12.5. The molecule has 21 heavy (non-hydrogen) atoms. The van der Waals surface area contributed by atoms with Crippen LogP contribution in [-0.2, 0) is 4.79 Å². The van der Waals surface area contributed by atoms with Crippen molar-refractivity contribution >= 4 is 17.7 Å². The van der Waals surface area contributed by atoms with Crippen LogP contribution in [0, 0.1) is 0 Å². The lowest BCUT2D eigenvalue weighted by Crippen LogP contribution is -2.64. The van der Waals surface area contributed by atoms with Gasteiger partial charge in [0.25, 0.3) is 0 Å². The van der Waals surface area contributed by atoms with Crippen molar-refractivity contribution in [1.29, 1.82) is 0 Å². The number of carbonyl (C=O) groups is 1. The standard InChI is InChI=1S/C17H24N2OS/c20-16(13-21-15-7-3-1-4-8-15)19-12-11-18-14-17(19)9-5-2-6-10-17/h1,3-4,7-8,18H,2,5-6,9-14H2. The lowest BCUT2D eigenvalue weighted by atomic mass is 9.79. The van der Waals surface area contributed by atoms with Gasteiger partial charge in [-0.25, -0.2) is 0 Å². The zero-order valence-corrected chi connectivity index (χ0v) is 13.3. The van der Waals surface area contributed by atoms with Gasteiger partial charge in [0, 0.05) is 24.5 Å². The molecule has 1 saturated heterocycles. The van der Waals surface area contributed by atoms with Gasteiger partial charge >= 0.3 is 0 Å². The Bertz CT molecular complexity index is 463. The molecule has 0 aromatic heterocycles. The molecule has 114 valence electrons. The Hall–Kier alpha value is -1.00. The van der Waals surface area contributed by atoms with E-state index in [2.05, 4.69) is 22.3 Å². The first-order chi connectivity index (χ1) is 10.3. The number of amides is 1. The topological polar surface area (TPSA) is 32.3 Å². The van der Waals surface area contributed by atoms with Crippen molar-refractivity contribution in [3.8, 4) is 0 Å². The highest BCUT2D eigenvalue weighted by Gasteiger charge is 2.41. The Morgan fingerprint density at radius 3 is 2.71 bits per heavy atom. The lowest BCUT2D eigenvalue weighted by molar-refractivity contribution is -0.137. The van der Waals surface area contributed by atoms with Crippen LogP contribution in [0.2, 0.25) is 0 Å². The van der Waals surface area contributed by atoms with E-state index in [1.807, 2.05) is 18.2 Å². The molecule has 4 heteroatoms. The van der Waals surface area contributed by atoms with Crippen LogP contribution < -0.4 is 5.32 Å². The van der Waals surface area contributed by atoms with E-state index in [1.165, 1.54) is 37.0 Å². The van der Waals surface area contributed by atoms with Gasteiger partial charge in [-0.3, -0.25) is 4.79 Å². The summed E-state index contributed by atoms with van der Waals surface area (Å²) in [5.74, 6) is 0.874. The van der Waals surface area contributed by atoms with E-state index in [0.717, 1.165) is 19.6 Å². The second-order valence-electron chi connectivity index (χ2n) is 6.11. The lowest BCUT2D eigenvalue weighted by Gasteiger charge is -2.49. The summed E-state index contributed by atoms with van der Waals surface area (Å²) in [7, 11) is 0. The van der Waals surface area contributed by atoms with Gasteiger partial charge in [0.05, 0.1) is 11.3 Å². The summed E-state index contributed by atoms with van der Waals surface area (Å²) in [5, 5.41) is 3.50. The Labute approximate surface area is 131 Å². The quantitative estimate of drug-likeness (QED) is 0.872. The molecule has 1 amide bonds. The Kier molecular flexibility index (Phi) is 4.86. The number of piperazine rings is 1. The van der Waals surface area contributed by atoms with E-state index in [4.69, 9.17) is 0 Å². The average Bonchev–Trinajstić information content (AvgIpc) is 2.55. The molecule has 1 aliphatic heterocycles. The van der Waals surface area contributed by atoms with Crippen LogP contribution in [0.4, 0.5) is 0 Å². The number of hydrogen-bond acceptors (Lipinski definition) is 3. The van der Waals surface area contributed by atoms with Crippen molar-refractivity contribution in [2.45, 2.75) is 42.5 Å². The molecular formula is C17H24N2OS. The van der Waals surface area contributed by atoms with Crippen molar-refractivity contribution < 1.29 is 4.79 Å². The summed E-state index contributed by atoms with van der Waals surface area (Å²) >= 11 is 1.66. The van der Waals surface area contributed by atoms with Crippen LogP contribution in [0.3, 0.4) is 0 Å². The van der Waals surface area contributed by atoms with Crippen molar-refractivity contribution in [2.75, 3.05) is 25.4 Å². The number of nitrogens with one attached hydrogen (secondary N) is 1. The van der Waals surface area contributed by atoms with Gasteiger partial charge in [0.15, 0.2) is 0 Å². The fraction of sp³-hybridized carbons (Fsp3) is 0.588. The number of hydrogen-bond donors (Lipinski definition) is 1. The van der Waals surface area contributed by atoms with Gasteiger partial charge in [0.2, 0.25) is 5.91 Å². The van der Waals surface area contributed by atoms with E-state index in [0.29, 0.717) is 11.7 Å². The maximum atomic E-state index is 12.7. The predicted octanol–water partition coefficient (Wildman–Crippen LogP) is 2.91. The maximum absolute atomic E-state index is 12.7. The van der Waals surface area contributed by atoms with E-state index in [1.54, 1.807) is 11.8 Å². The highest BCUT2D eigenvalue weighted by molar-refractivity contribution is 8.00. The molecule has 0 bridgehead atoms. The average molecular weight is 304 g/mol. The largest absolute Gasteiger partial charge is 0.334 e. The molecule has 1 aliphatic carbocycles. The van der Waals surface area contributed by atoms with Crippen LogP contribution in [-0.4, -0.2) is 41.7 Å². The predicted molar refractivity (Wildman–Crippen MR) is 87.6 cm³/mol. The van der Waals surface area contributed by atoms with Crippen LogP contribution in [0.1, 0.15) is 32.1 Å². The summed E-state index contributed by atoms with van der Waals surface area (Å²) < 4.78 is 0. The van der Waals surface area contributed by atoms with E-state index in [-0.39, 0.29) is 5.54 Å². The van der Waals surface area contributed by atoms with Crippen LogP contribution in [0.25, 0.3) is 0 Å². The molecule has 2 fully saturated rings. The number of thioether (sulfide) groups is 1. The minimum atomic E-state index is 0.102. The van der Waals surface area contributed by atoms with Gasteiger partial charge in [-0.1, -0.05) is 37.5 Å². The summed E-state index contributed by atoms with van der Waals surface area (Å²) in [5.41, 5.74) is 0.102. The Morgan fingerprint density at radius 1 is 1.19 bits per heavy atom. The van der Waals surface area contributed by atoms with Gasteiger partial charge in [0.1, 0.15) is 0 Å². The summed E-state index contributed by atoms with van der Waals surface area (Å²) in [6.07, 6.45) is 6.18. The molecule has 2 aliphatic rings. The minimum absolute atomic E-state index is 0.102. The highest BCUT2D eigenvalue weighted by atomic mass is 32.2. The molecular weight excluding hydrogens is 280 g/mol. The van der Waals surface area contributed by atoms with Crippen molar-refractivity contribution in [3.63, 3.8) is 0 Å². The molecule has 1 heterocycles. The van der Waals surface area contributed by atoms with E-state index in [9.17, 15) is 4.79 Å². The second kappa shape index (κ2) is 6.84. The van der Waals surface area contributed by atoms with Crippen molar-refractivity contribution in [3.05, 3.63) is 30.3 Å². The smallest absolute Gasteiger partial charge is 0.233 e. The van der Waals surface area contributed by atoms with Crippen LogP contribution >= 0.6 is 11.8 Å². The monoisotopic (exact) mass is 304 g/mol. The number of carbonyl (C=O) groups excluding carboxylic acids is 1. The number of rotatable bonds is 3. The molecule has 0 radical (unpaired) electrons. The first-order valence-electron chi connectivity index (χ1n) is 7.99. The molecule has 3 rings (SSSR count). The SMILES string of the molecule is O=C(CSc1ccccc1)N1CCNCC12CCCCC2. The molecule has 1 spiro atoms. The summed E-state index contributed by atoms with van der Waals surface area (Å²) in [6.45, 7) is 2.78. The molecule has 1 N–H and O–H groups in total. The zero-order chi connectivity index (χ0) is 14.5. The molecule has 0 unspecified atom stereocenters. The van der Waals surface area contributed by atoms with Crippen LogP contribution in [0.5, 0.6) is 0 Å². The molecule has 1 aromatic carbocycles. The third-order valence-electron chi connectivity index (χ3n) is 4.73. The third-order valence-corrected chi connectivity index (χ3v) is 5.73. The van der Waals surface area contributed by atoms with Gasteiger partial charge in [-0.2, -0.15) is 0 Å². The normalized spacial score (nSPS) is 21.4. The highest BCUT2D eigenvalue weighted by Crippen LogP contribution is 2.35. The first-order valence-corrected chi connectivity index (χ1v) is 8.98. The van der Waals surface area contributed by atoms with E-state index >= 15 is 0 Å². The second-order valence-corrected chi connectivity index (χ2v) is 7.16. The Morgan fingerprint density at radius 2 is 1.95 bits per heavy atom. The van der Waals surface area contributed by atoms with Gasteiger partial charge < -0.3 is 10.2 Å². The van der Waals surface area contributed by atoms with Crippen molar-refractivity contribution in [2.24, 2.45) is 0 Å². The van der Waals surface area contributed by atoms with Gasteiger partial charge in [-0.05, 0) is 25.0 Å². The number of benzene rings is 1. The molecule has 1 aromatic rings. The van der Waals surface area contributed by atoms with Gasteiger partial charge in [-0.15, -0.1) is 11.8 Å². The van der Waals surface area contributed by atoms with E-state index < -0.39 is 0 Å². The minimum Gasteiger partial charge on any atom is -0.334 e. The third kappa shape index (κ3) is 3.43. The number of nitrogens with zero attached hydrogens (tertiary/aromatic N) is 1. The summed E-state index contributed by atoms with van der Waals surface area (Å²) in [4.78, 5) is 16.1. The maximum Gasteiger partial charge on any atom is 0.233 e. The van der Waals surface area contributed by atoms with Crippen LogP contribution in [0.15, 0.2) is 35.2 Å². The summed E-state index contributed by atoms with van der Waals surface area (Å²) in [6, 6.07) is 10.2. The fourth-order valence-electron chi connectivity index (χ4n) is 3.63. The Balaban J connectivity index is 1.64.